The third-order valence-corrected chi connectivity index (χ3v) is 1.22. The second-order valence-electron chi connectivity index (χ2n) is 2.09. The molecule has 0 bridgehead atoms. The summed E-state index contributed by atoms with van der Waals surface area (Å²) in [6.45, 7) is 1.95. The number of aromatic nitrogens is 2. The van der Waals surface area contributed by atoms with Crippen LogP contribution in [0.5, 0.6) is 0 Å². The van der Waals surface area contributed by atoms with E-state index in [9.17, 15) is 0 Å². The highest BCUT2D eigenvalue weighted by Gasteiger charge is 2.08. The molecule has 0 aliphatic heterocycles. The van der Waals surface area contributed by atoms with Gasteiger partial charge in [0.1, 0.15) is 0 Å². The van der Waals surface area contributed by atoms with E-state index in [0.717, 1.165) is 0 Å². The topological polar surface area (TPSA) is 38.9 Å². The Morgan fingerprint density at radius 2 is 2.70 bits per heavy atom. The molecule has 0 saturated carbocycles. The lowest BCUT2D eigenvalue weighted by Gasteiger charge is -1.97. The zero-order chi connectivity index (χ0) is 7.40. The van der Waals surface area contributed by atoms with E-state index in [1.54, 1.807) is 0 Å². The first-order valence-electron chi connectivity index (χ1n) is 3.04. The van der Waals surface area contributed by atoms with E-state index in [1.165, 1.54) is 6.33 Å². The quantitative estimate of drug-likeness (QED) is 0.573. The first kappa shape index (κ1) is 6.81. The van der Waals surface area contributed by atoms with Crippen molar-refractivity contribution < 1.29 is 4.52 Å². The molecule has 0 radical (unpaired) electrons. The molecular weight excluding hydrogens is 128 g/mol. The van der Waals surface area contributed by atoms with Crippen molar-refractivity contribution in [3.05, 3.63) is 12.2 Å². The lowest BCUT2D eigenvalue weighted by Crippen LogP contribution is -1.90. The molecule has 52 valence electrons. The highest BCUT2D eigenvalue weighted by atomic mass is 16.5. The van der Waals surface area contributed by atoms with E-state index >= 15 is 0 Å². The highest BCUT2D eigenvalue weighted by Crippen LogP contribution is 2.13. The first-order valence-corrected chi connectivity index (χ1v) is 3.04. The second kappa shape index (κ2) is 3.02. The molecule has 10 heavy (non-hydrogen) atoms. The molecule has 3 nitrogen and oxygen atoms in total. The molecule has 0 fully saturated rings. The van der Waals surface area contributed by atoms with Gasteiger partial charge in [-0.2, -0.15) is 4.98 Å². The van der Waals surface area contributed by atoms with Crippen molar-refractivity contribution in [3.63, 3.8) is 0 Å². The van der Waals surface area contributed by atoms with Gasteiger partial charge in [-0.15, -0.1) is 12.3 Å². The van der Waals surface area contributed by atoms with Crippen molar-refractivity contribution in [2.24, 2.45) is 0 Å². The fraction of sp³-hybridized carbons (Fsp3) is 0.429. The number of hydrogen-bond acceptors (Lipinski definition) is 3. The molecule has 0 aliphatic carbocycles. The Balaban J connectivity index is 2.61. The fourth-order valence-electron chi connectivity index (χ4n) is 0.663. The second-order valence-corrected chi connectivity index (χ2v) is 2.09. The van der Waals surface area contributed by atoms with E-state index < -0.39 is 0 Å². The molecule has 1 aromatic rings. The molecule has 0 spiro atoms. The smallest absolute Gasteiger partial charge is 0.230 e. The molecular formula is C7H8N2O. The molecule has 0 amide bonds. The zero-order valence-electron chi connectivity index (χ0n) is 5.74. The summed E-state index contributed by atoms with van der Waals surface area (Å²) in [5.41, 5.74) is 0. The van der Waals surface area contributed by atoms with Gasteiger partial charge in [-0.05, 0) is 0 Å². The van der Waals surface area contributed by atoms with Gasteiger partial charge in [-0.25, -0.2) is 0 Å². The maximum Gasteiger partial charge on any atom is 0.230 e. The summed E-state index contributed by atoms with van der Waals surface area (Å²) in [5, 5.41) is 3.47. The van der Waals surface area contributed by atoms with E-state index in [4.69, 9.17) is 10.9 Å². The summed E-state index contributed by atoms with van der Waals surface area (Å²) in [7, 11) is 0. The number of terminal acetylenes is 1. The number of hydrogen-bond donors (Lipinski definition) is 0. The molecule has 1 rings (SSSR count). The highest BCUT2D eigenvalue weighted by molar-refractivity contribution is 4.96. The average molecular weight is 136 g/mol. The van der Waals surface area contributed by atoms with Gasteiger partial charge in [0, 0.05) is 12.3 Å². The predicted molar refractivity (Wildman–Crippen MR) is 36.2 cm³/mol. The Hall–Kier alpha value is -1.30. The molecule has 0 aliphatic rings. The van der Waals surface area contributed by atoms with Crippen LogP contribution in [0.2, 0.25) is 0 Å². The Bertz CT molecular complexity index is 222. The van der Waals surface area contributed by atoms with Crippen molar-refractivity contribution in [2.45, 2.75) is 19.3 Å². The van der Waals surface area contributed by atoms with Crippen LogP contribution in [0.4, 0.5) is 0 Å². The summed E-state index contributed by atoms with van der Waals surface area (Å²) in [5.74, 6) is 3.31. The third kappa shape index (κ3) is 1.35. The van der Waals surface area contributed by atoms with Crippen molar-refractivity contribution in [1.82, 2.24) is 10.1 Å². The van der Waals surface area contributed by atoms with Gasteiger partial charge < -0.3 is 4.52 Å². The summed E-state index contributed by atoms with van der Waals surface area (Å²) in [6, 6.07) is 0. The minimum atomic E-state index is 0.174. The van der Waals surface area contributed by atoms with Crippen LogP contribution >= 0.6 is 0 Å². The van der Waals surface area contributed by atoms with Crippen LogP contribution in [-0.2, 0) is 0 Å². The van der Waals surface area contributed by atoms with Crippen LogP contribution in [-0.4, -0.2) is 10.1 Å². The Morgan fingerprint density at radius 1 is 1.90 bits per heavy atom. The van der Waals surface area contributed by atoms with Crippen LogP contribution in [0.15, 0.2) is 10.9 Å². The van der Waals surface area contributed by atoms with Gasteiger partial charge >= 0.3 is 0 Å². The normalized spacial score (nSPS) is 12.4. The Labute approximate surface area is 59.4 Å². The van der Waals surface area contributed by atoms with Gasteiger partial charge in [-0.3, -0.25) is 0 Å². The zero-order valence-corrected chi connectivity index (χ0v) is 5.74. The molecule has 3 heteroatoms. The summed E-state index contributed by atoms with van der Waals surface area (Å²) in [4.78, 5) is 3.86. The van der Waals surface area contributed by atoms with Crippen LogP contribution in [0.3, 0.4) is 0 Å². The Kier molecular flexibility index (Phi) is 2.06. The third-order valence-electron chi connectivity index (χ3n) is 1.22. The van der Waals surface area contributed by atoms with Gasteiger partial charge in [0.25, 0.3) is 0 Å². The molecule has 0 aromatic carbocycles. The number of nitrogens with zero attached hydrogens (tertiary/aromatic N) is 2. The Morgan fingerprint density at radius 3 is 3.20 bits per heavy atom. The van der Waals surface area contributed by atoms with Crippen molar-refractivity contribution in [1.29, 1.82) is 0 Å². The molecule has 0 saturated heterocycles. The minimum absolute atomic E-state index is 0.174. The number of rotatable bonds is 2. The van der Waals surface area contributed by atoms with Gasteiger partial charge in [0.15, 0.2) is 6.33 Å². The maximum absolute atomic E-state index is 5.10. The predicted octanol–water partition coefficient (Wildman–Crippen LogP) is 1.20. The van der Waals surface area contributed by atoms with Gasteiger partial charge in [0.05, 0.1) is 0 Å². The summed E-state index contributed by atoms with van der Waals surface area (Å²) >= 11 is 0. The van der Waals surface area contributed by atoms with Crippen LogP contribution < -0.4 is 0 Å². The van der Waals surface area contributed by atoms with Crippen molar-refractivity contribution in [2.75, 3.05) is 0 Å². The lowest BCUT2D eigenvalue weighted by atomic mass is 10.1. The van der Waals surface area contributed by atoms with Crippen LogP contribution in [0, 0.1) is 12.3 Å². The molecule has 0 N–H and O–H groups in total. The molecule has 1 atom stereocenters. The van der Waals surface area contributed by atoms with E-state index in [-0.39, 0.29) is 5.92 Å². The van der Waals surface area contributed by atoms with Crippen molar-refractivity contribution >= 4 is 0 Å². The minimum Gasteiger partial charge on any atom is -0.339 e. The van der Waals surface area contributed by atoms with E-state index in [0.29, 0.717) is 12.3 Å². The van der Waals surface area contributed by atoms with E-state index in [1.807, 2.05) is 6.92 Å². The van der Waals surface area contributed by atoms with Crippen LogP contribution in [0.1, 0.15) is 25.2 Å². The summed E-state index contributed by atoms with van der Waals surface area (Å²) < 4.78 is 4.79. The lowest BCUT2D eigenvalue weighted by molar-refractivity contribution is 0.360. The monoisotopic (exact) mass is 136 g/mol. The van der Waals surface area contributed by atoms with Crippen molar-refractivity contribution in [3.8, 4) is 12.3 Å². The largest absolute Gasteiger partial charge is 0.339 e. The van der Waals surface area contributed by atoms with Crippen LogP contribution in [0.25, 0.3) is 0 Å². The fourth-order valence-corrected chi connectivity index (χ4v) is 0.663. The SMILES string of the molecule is C#CCC(C)c1ncno1. The van der Waals surface area contributed by atoms with Gasteiger partial charge in [-0.1, -0.05) is 12.1 Å². The molecule has 1 aromatic heterocycles. The molecule has 1 heterocycles. The summed E-state index contributed by atoms with van der Waals surface area (Å²) in [6.07, 6.45) is 7.11. The van der Waals surface area contributed by atoms with Gasteiger partial charge in [0.2, 0.25) is 5.89 Å². The standard InChI is InChI=1S/C7H8N2O/c1-3-4-6(2)7-8-5-9-10-7/h1,5-6H,4H2,2H3. The van der Waals surface area contributed by atoms with E-state index in [2.05, 4.69) is 16.1 Å². The average Bonchev–Trinajstić information content (AvgIpc) is 2.38. The molecule has 1 unspecified atom stereocenters. The maximum atomic E-state index is 5.10. The first-order chi connectivity index (χ1) is 4.84.